The molecule has 0 bridgehead atoms. The first kappa shape index (κ1) is 13.8. The number of nitriles is 1. The first-order valence-corrected chi connectivity index (χ1v) is 7.84. The van der Waals surface area contributed by atoms with Crippen LogP contribution in [0.2, 0.25) is 0 Å². The van der Waals surface area contributed by atoms with E-state index >= 15 is 0 Å². The molecule has 0 spiro atoms. The molecule has 1 aliphatic carbocycles. The van der Waals surface area contributed by atoms with Crippen LogP contribution in [0.5, 0.6) is 0 Å². The fourth-order valence-corrected chi connectivity index (χ4v) is 3.87. The van der Waals surface area contributed by atoms with E-state index in [1.54, 1.807) is 0 Å². The average molecular weight is 295 g/mol. The van der Waals surface area contributed by atoms with E-state index in [2.05, 4.69) is 62.0 Å². The highest BCUT2D eigenvalue weighted by Crippen LogP contribution is 2.50. The van der Waals surface area contributed by atoms with Crippen molar-refractivity contribution in [2.24, 2.45) is 0 Å². The molecule has 110 valence electrons. The molecule has 0 saturated heterocycles. The maximum atomic E-state index is 9.14. The van der Waals surface area contributed by atoms with Gasteiger partial charge in [0.1, 0.15) is 0 Å². The second kappa shape index (κ2) is 4.83. The Labute approximate surface area is 136 Å². The molecule has 4 rings (SSSR count). The molecule has 1 nitrogen and oxygen atoms in total. The maximum absolute atomic E-state index is 9.14. The minimum absolute atomic E-state index is 0.128. The lowest BCUT2D eigenvalue weighted by molar-refractivity contribution is 0.628. The highest BCUT2D eigenvalue weighted by molar-refractivity contribution is 6.04. The molecule has 0 amide bonds. The van der Waals surface area contributed by atoms with Gasteiger partial charge in [0.05, 0.1) is 11.6 Å². The predicted octanol–water partition coefficient (Wildman–Crippen LogP) is 5.24. The zero-order valence-corrected chi connectivity index (χ0v) is 13.1. The molecule has 0 fully saturated rings. The Morgan fingerprint density at radius 1 is 1.04 bits per heavy atom. The van der Waals surface area contributed by atoms with Crippen molar-refractivity contribution in [1.29, 1.82) is 5.26 Å². The van der Waals surface area contributed by atoms with Gasteiger partial charge in [0.25, 0.3) is 0 Å². The van der Waals surface area contributed by atoms with Crippen LogP contribution < -0.4 is 0 Å². The molecule has 1 unspecified atom stereocenters. The van der Waals surface area contributed by atoms with Crippen molar-refractivity contribution in [1.82, 2.24) is 0 Å². The lowest BCUT2D eigenvalue weighted by Gasteiger charge is -2.28. The number of hydrogen-bond acceptors (Lipinski definition) is 1. The van der Waals surface area contributed by atoms with E-state index in [4.69, 9.17) is 5.26 Å². The summed E-state index contributed by atoms with van der Waals surface area (Å²) >= 11 is 0. The zero-order chi connectivity index (χ0) is 16.0. The van der Waals surface area contributed by atoms with Gasteiger partial charge in [-0.1, -0.05) is 62.0 Å². The van der Waals surface area contributed by atoms with E-state index < -0.39 is 0 Å². The third kappa shape index (κ3) is 1.92. The molecule has 0 aliphatic heterocycles. The molecule has 0 saturated carbocycles. The normalized spacial score (nSPS) is 19.0. The fraction of sp³-hybridized carbons (Fsp3) is 0.136. The summed E-state index contributed by atoms with van der Waals surface area (Å²) < 4.78 is 0. The molecule has 0 N–H and O–H groups in total. The van der Waals surface area contributed by atoms with Gasteiger partial charge in [0, 0.05) is 5.41 Å². The van der Waals surface area contributed by atoms with Crippen LogP contribution in [0, 0.1) is 11.3 Å². The van der Waals surface area contributed by atoms with Crippen LogP contribution in [-0.2, 0) is 11.8 Å². The van der Waals surface area contributed by atoms with Crippen LogP contribution in [0.25, 0.3) is 16.3 Å². The SMILES string of the molecule is C=C1c2cccc3cccc(c23)C1(C)Cc1cccc(C#N)c1. The van der Waals surface area contributed by atoms with E-state index in [-0.39, 0.29) is 5.41 Å². The van der Waals surface area contributed by atoms with Gasteiger partial charge in [-0.15, -0.1) is 0 Å². The van der Waals surface area contributed by atoms with E-state index in [1.807, 2.05) is 18.2 Å². The molecule has 23 heavy (non-hydrogen) atoms. The summed E-state index contributed by atoms with van der Waals surface area (Å²) in [6, 6.07) is 23.1. The Balaban J connectivity index is 1.88. The van der Waals surface area contributed by atoms with Crippen LogP contribution in [0.3, 0.4) is 0 Å². The summed E-state index contributed by atoms with van der Waals surface area (Å²) in [6.45, 7) is 6.69. The Bertz CT molecular complexity index is 985. The molecule has 3 aromatic rings. The van der Waals surface area contributed by atoms with Crippen molar-refractivity contribution in [3.05, 3.63) is 89.5 Å². The van der Waals surface area contributed by atoms with Crippen molar-refractivity contribution >= 4 is 16.3 Å². The van der Waals surface area contributed by atoms with E-state index in [0.717, 1.165) is 6.42 Å². The summed E-state index contributed by atoms with van der Waals surface area (Å²) in [5, 5.41) is 11.7. The maximum Gasteiger partial charge on any atom is 0.0991 e. The molecule has 0 heterocycles. The van der Waals surface area contributed by atoms with Crippen LogP contribution in [0.1, 0.15) is 29.2 Å². The van der Waals surface area contributed by atoms with Gasteiger partial charge in [0.2, 0.25) is 0 Å². The lowest BCUT2D eigenvalue weighted by Crippen LogP contribution is -2.22. The minimum Gasteiger partial charge on any atom is -0.192 e. The van der Waals surface area contributed by atoms with Gasteiger partial charge in [-0.3, -0.25) is 0 Å². The predicted molar refractivity (Wildman–Crippen MR) is 95.2 cm³/mol. The Kier molecular flexibility index (Phi) is 2.89. The zero-order valence-electron chi connectivity index (χ0n) is 13.1. The molecule has 1 heteroatoms. The number of nitrogens with zero attached hydrogens (tertiary/aromatic N) is 1. The van der Waals surface area contributed by atoms with Crippen LogP contribution in [0.4, 0.5) is 0 Å². The van der Waals surface area contributed by atoms with Crippen LogP contribution >= 0.6 is 0 Å². The van der Waals surface area contributed by atoms with Crippen molar-refractivity contribution in [3.63, 3.8) is 0 Å². The topological polar surface area (TPSA) is 23.8 Å². The molecular formula is C22H17N. The van der Waals surface area contributed by atoms with Crippen LogP contribution in [-0.4, -0.2) is 0 Å². The summed E-state index contributed by atoms with van der Waals surface area (Å²) in [7, 11) is 0. The fourth-order valence-electron chi connectivity index (χ4n) is 3.87. The molecule has 1 aliphatic rings. The number of hydrogen-bond donors (Lipinski definition) is 0. The largest absolute Gasteiger partial charge is 0.192 e. The molecule has 1 atom stereocenters. The lowest BCUT2D eigenvalue weighted by atomic mass is 9.75. The molecular weight excluding hydrogens is 278 g/mol. The summed E-state index contributed by atoms with van der Waals surface area (Å²) in [4.78, 5) is 0. The van der Waals surface area contributed by atoms with Gasteiger partial charge in [-0.2, -0.15) is 5.26 Å². The minimum atomic E-state index is -0.128. The quantitative estimate of drug-likeness (QED) is 0.634. The van der Waals surface area contributed by atoms with Crippen molar-refractivity contribution in [2.75, 3.05) is 0 Å². The highest BCUT2D eigenvalue weighted by atomic mass is 14.4. The standard InChI is InChI=1S/C22H17N/c1-15-19-10-4-8-18-9-5-11-20(21(18)19)22(15,2)13-16-6-3-7-17(12-16)14-23/h3-12H,1,13H2,2H3. The third-order valence-corrected chi connectivity index (χ3v) is 5.10. The summed E-state index contributed by atoms with van der Waals surface area (Å²) in [5.74, 6) is 0. The highest BCUT2D eigenvalue weighted by Gasteiger charge is 2.38. The number of benzene rings is 3. The second-order valence-corrected chi connectivity index (χ2v) is 6.51. The number of rotatable bonds is 2. The van der Waals surface area contributed by atoms with Gasteiger partial charge < -0.3 is 0 Å². The average Bonchev–Trinajstić information content (AvgIpc) is 2.79. The van der Waals surface area contributed by atoms with Crippen LogP contribution in [0.15, 0.2) is 67.2 Å². The van der Waals surface area contributed by atoms with Gasteiger partial charge >= 0.3 is 0 Å². The molecule has 0 radical (unpaired) electrons. The van der Waals surface area contributed by atoms with E-state index in [9.17, 15) is 0 Å². The van der Waals surface area contributed by atoms with Crippen molar-refractivity contribution < 1.29 is 0 Å². The second-order valence-electron chi connectivity index (χ2n) is 6.51. The van der Waals surface area contributed by atoms with Crippen molar-refractivity contribution in [2.45, 2.75) is 18.8 Å². The van der Waals surface area contributed by atoms with Gasteiger partial charge in [-0.05, 0) is 51.6 Å². The summed E-state index contributed by atoms with van der Waals surface area (Å²) in [5.41, 5.74) is 5.54. The molecule has 3 aromatic carbocycles. The summed E-state index contributed by atoms with van der Waals surface area (Å²) in [6.07, 6.45) is 0.856. The van der Waals surface area contributed by atoms with E-state index in [1.165, 1.54) is 33.0 Å². The Morgan fingerprint density at radius 3 is 2.57 bits per heavy atom. The monoisotopic (exact) mass is 295 g/mol. The Morgan fingerprint density at radius 2 is 1.78 bits per heavy atom. The number of allylic oxidation sites excluding steroid dienone is 1. The first-order chi connectivity index (χ1) is 11.1. The molecule has 0 aromatic heterocycles. The van der Waals surface area contributed by atoms with E-state index in [0.29, 0.717) is 5.56 Å². The van der Waals surface area contributed by atoms with Crippen molar-refractivity contribution in [3.8, 4) is 6.07 Å². The third-order valence-electron chi connectivity index (χ3n) is 5.10. The van der Waals surface area contributed by atoms with Gasteiger partial charge in [0.15, 0.2) is 0 Å². The first-order valence-electron chi connectivity index (χ1n) is 7.84. The van der Waals surface area contributed by atoms with Gasteiger partial charge in [-0.25, -0.2) is 0 Å². The Hall–Kier alpha value is -2.85. The smallest absolute Gasteiger partial charge is 0.0991 e.